The standard InChI is InChI=1S/C21H23N5O3S2.ClH/c1-25-13-22-19-16(25)7-9-18-20(19)24-21(30-18)23-15-12-14(6-8-17(15)29-2)31(27,28)26-10-4-3-5-11-26;/h6-9,12-13H,3-5,10-11H2,1-2H3,(H,23,24);1H. The molecular weight excluding hydrogens is 470 g/mol. The minimum Gasteiger partial charge on any atom is -0.495 e. The molecule has 11 heteroatoms. The van der Waals surface area contributed by atoms with Gasteiger partial charge in [0.1, 0.15) is 16.8 Å². The van der Waals surface area contributed by atoms with Crippen LogP contribution in [0.2, 0.25) is 0 Å². The van der Waals surface area contributed by atoms with Crippen LogP contribution in [0.3, 0.4) is 0 Å². The largest absolute Gasteiger partial charge is 0.495 e. The summed E-state index contributed by atoms with van der Waals surface area (Å²) in [5, 5.41) is 3.92. The summed E-state index contributed by atoms with van der Waals surface area (Å²) < 4.78 is 36.2. The summed E-state index contributed by atoms with van der Waals surface area (Å²) in [6, 6.07) is 8.97. The van der Waals surface area contributed by atoms with Crippen molar-refractivity contribution in [2.75, 3.05) is 25.5 Å². The van der Waals surface area contributed by atoms with E-state index in [-0.39, 0.29) is 17.3 Å². The highest BCUT2D eigenvalue weighted by Crippen LogP contribution is 2.36. The van der Waals surface area contributed by atoms with Crippen molar-refractivity contribution in [3.63, 3.8) is 0 Å². The van der Waals surface area contributed by atoms with Gasteiger partial charge in [-0.2, -0.15) is 4.31 Å². The number of piperidine rings is 1. The van der Waals surface area contributed by atoms with Crippen molar-refractivity contribution in [2.45, 2.75) is 24.2 Å². The predicted molar refractivity (Wildman–Crippen MR) is 130 cm³/mol. The van der Waals surface area contributed by atoms with Gasteiger partial charge in [0.25, 0.3) is 0 Å². The van der Waals surface area contributed by atoms with Crippen LogP contribution in [0.25, 0.3) is 21.3 Å². The number of rotatable bonds is 5. The Hall–Kier alpha value is -2.40. The van der Waals surface area contributed by atoms with E-state index < -0.39 is 10.0 Å². The lowest BCUT2D eigenvalue weighted by atomic mass is 10.2. The van der Waals surface area contributed by atoms with Crippen LogP contribution in [0.1, 0.15) is 19.3 Å². The van der Waals surface area contributed by atoms with Crippen molar-refractivity contribution < 1.29 is 13.2 Å². The second-order valence-corrected chi connectivity index (χ2v) is 10.6. The summed E-state index contributed by atoms with van der Waals surface area (Å²) in [5.41, 5.74) is 3.24. The normalized spacial score (nSPS) is 15.1. The molecule has 8 nitrogen and oxygen atoms in total. The first-order chi connectivity index (χ1) is 15.0. The van der Waals surface area contributed by atoms with Gasteiger partial charge in [0.05, 0.1) is 34.2 Å². The Morgan fingerprint density at radius 2 is 1.88 bits per heavy atom. The van der Waals surface area contributed by atoms with Crippen LogP contribution in [0, 0.1) is 0 Å². The molecule has 0 aliphatic carbocycles. The molecule has 2 aromatic carbocycles. The maximum absolute atomic E-state index is 13.1. The molecule has 0 unspecified atom stereocenters. The fraction of sp³-hybridized carbons (Fsp3) is 0.333. The van der Waals surface area contributed by atoms with E-state index in [1.807, 2.05) is 23.7 Å². The molecular formula is C21H24ClN5O3S2. The van der Waals surface area contributed by atoms with Gasteiger partial charge >= 0.3 is 0 Å². The molecule has 5 rings (SSSR count). The van der Waals surface area contributed by atoms with Gasteiger partial charge in [-0.3, -0.25) is 0 Å². The Labute approximate surface area is 196 Å². The zero-order valence-corrected chi connectivity index (χ0v) is 20.2. The van der Waals surface area contributed by atoms with E-state index in [0.717, 1.165) is 40.5 Å². The minimum absolute atomic E-state index is 0. The van der Waals surface area contributed by atoms with Crippen LogP contribution in [-0.4, -0.2) is 47.5 Å². The first-order valence-electron chi connectivity index (χ1n) is 10.1. The van der Waals surface area contributed by atoms with E-state index in [1.165, 1.54) is 11.3 Å². The highest BCUT2D eigenvalue weighted by molar-refractivity contribution is 7.89. The van der Waals surface area contributed by atoms with Crippen molar-refractivity contribution in [3.05, 3.63) is 36.7 Å². The second-order valence-electron chi connectivity index (χ2n) is 7.61. The number of nitrogens with one attached hydrogen (secondary N) is 1. The monoisotopic (exact) mass is 493 g/mol. The molecule has 0 bridgehead atoms. The van der Waals surface area contributed by atoms with E-state index in [0.29, 0.717) is 29.7 Å². The number of halogens is 1. The first-order valence-corrected chi connectivity index (χ1v) is 12.4. The third-order valence-corrected chi connectivity index (χ3v) is 8.45. The Morgan fingerprint density at radius 3 is 2.62 bits per heavy atom. The number of ether oxygens (including phenoxy) is 1. The van der Waals surface area contributed by atoms with Crippen LogP contribution in [0.5, 0.6) is 5.75 Å². The zero-order chi connectivity index (χ0) is 21.6. The molecule has 4 aromatic rings. The number of aryl methyl sites for hydroxylation is 1. The summed E-state index contributed by atoms with van der Waals surface area (Å²) in [7, 11) is -0.0296. The Morgan fingerprint density at radius 1 is 1.09 bits per heavy atom. The predicted octanol–water partition coefficient (Wildman–Crippen LogP) is 4.53. The van der Waals surface area contributed by atoms with Crippen molar-refractivity contribution in [2.24, 2.45) is 7.05 Å². The number of hydrogen-bond donors (Lipinski definition) is 1. The van der Waals surface area contributed by atoms with Crippen molar-refractivity contribution in [1.82, 2.24) is 18.8 Å². The van der Waals surface area contributed by atoms with Crippen LogP contribution >= 0.6 is 23.7 Å². The summed E-state index contributed by atoms with van der Waals surface area (Å²) in [4.78, 5) is 9.45. The Bertz CT molecular complexity index is 1380. The Balaban J connectivity index is 0.00000245. The number of sulfonamides is 1. The molecule has 1 fully saturated rings. The van der Waals surface area contributed by atoms with E-state index in [4.69, 9.17) is 9.72 Å². The summed E-state index contributed by atoms with van der Waals surface area (Å²) in [6.07, 6.45) is 4.64. The molecule has 0 radical (unpaired) electrons. The fourth-order valence-corrected chi connectivity index (χ4v) is 6.38. The van der Waals surface area contributed by atoms with Crippen LogP contribution < -0.4 is 10.1 Å². The van der Waals surface area contributed by atoms with E-state index in [2.05, 4.69) is 10.3 Å². The van der Waals surface area contributed by atoms with Crippen molar-refractivity contribution in [3.8, 4) is 5.75 Å². The number of fused-ring (bicyclic) bond motifs is 3. The first kappa shape index (κ1) is 22.8. The SMILES string of the molecule is COc1ccc(S(=O)(=O)N2CCCCC2)cc1Nc1nc2c(ccc3c2ncn3C)s1.Cl. The van der Waals surface area contributed by atoms with E-state index in [9.17, 15) is 8.42 Å². The van der Waals surface area contributed by atoms with E-state index >= 15 is 0 Å². The average Bonchev–Trinajstić information content (AvgIpc) is 3.37. The molecule has 2 aromatic heterocycles. The molecule has 170 valence electrons. The van der Waals surface area contributed by atoms with Gasteiger partial charge in [0, 0.05) is 20.1 Å². The highest BCUT2D eigenvalue weighted by atomic mass is 35.5. The number of nitrogens with zero attached hydrogens (tertiary/aromatic N) is 4. The van der Waals surface area contributed by atoms with Crippen LogP contribution in [0.15, 0.2) is 41.6 Å². The molecule has 1 saturated heterocycles. The lowest BCUT2D eigenvalue weighted by molar-refractivity contribution is 0.346. The van der Waals surface area contributed by atoms with Crippen LogP contribution in [-0.2, 0) is 17.1 Å². The van der Waals surface area contributed by atoms with Crippen molar-refractivity contribution >= 4 is 65.8 Å². The number of benzene rings is 2. The third kappa shape index (κ3) is 3.92. The van der Waals surface area contributed by atoms with Gasteiger partial charge in [0.15, 0.2) is 5.13 Å². The maximum Gasteiger partial charge on any atom is 0.243 e. The molecule has 0 spiro atoms. The fourth-order valence-electron chi connectivity index (χ4n) is 3.96. The molecule has 0 atom stereocenters. The quantitative estimate of drug-likeness (QED) is 0.439. The lowest BCUT2D eigenvalue weighted by Crippen LogP contribution is -2.35. The second kappa shape index (κ2) is 8.86. The Kier molecular flexibility index (Phi) is 6.30. The molecule has 3 heterocycles. The van der Waals surface area contributed by atoms with Crippen LogP contribution in [0.4, 0.5) is 10.8 Å². The number of hydrogen-bond acceptors (Lipinski definition) is 7. The van der Waals surface area contributed by atoms with Gasteiger partial charge in [0.2, 0.25) is 10.0 Å². The van der Waals surface area contributed by atoms with Gasteiger partial charge in [-0.15, -0.1) is 12.4 Å². The summed E-state index contributed by atoms with van der Waals surface area (Å²) in [5.74, 6) is 0.555. The molecule has 32 heavy (non-hydrogen) atoms. The van der Waals surface area contributed by atoms with Gasteiger partial charge in [-0.1, -0.05) is 17.8 Å². The minimum atomic E-state index is -3.54. The molecule has 0 saturated carbocycles. The van der Waals surface area contributed by atoms with Gasteiger partial charge in [-0.25, -0.2) is 18.4 Å². The highest BCUT2D eigenvalue weighted by Gasteiger charge is 2.27. The van der Waals surface area contributed by atoms with Gasteiger partial charge < -0.3 is 14.6 Å². The molecule has 0 amide bonds. The molecule has 1 N–H and O–H groups in total. The molecule has 1 aliphatic heterocycles. The number of anilines is 2. The number of methoxy groups -OCH3 is 1. The zero-order valence-electron chi connectivity index (χ0n) is 17.7. The number of imidazole rings is 1. The third-order valence-electron chi connectivity index (χ3n) is 5.62. The summed E-state index contributed by atoms with van der Waals surface area (Å²) >= 11 is 1.49. The number of thiazole rings is 1. The lowest BCUT2D eigenvalue weighted by Gasteiger charge is -2.26. The van der Waals surface area contributed by atoms with Crippen molar-refractivity contribution in [1.29, 1.82) is 0 Å². The average molecular weight is 494 g/mol. The molecule has 1 aliphatic rings. The summed E-state index contributed by atoms with van der Waals surface area (Å²) in [6.45, 7) is 1.13. The van der Waals surface area contributed by atoms with Gasteiger partial charge in [-0.05, 0) is 43.2 Å². The smallest absolute Gasteiger partial charge is 0.243 e. The van der Waals surface area contributed by atoms with E-state index in [1.54, 1.807) is 35.9 Å². The maximum atomic E-state index is 13.1. The number of aromatic nitrogens is 3. The topological polar surface area (TPSA) is 89.3 Å².